The number of hydrogen-bond acceptors (Lipinski definition) is 4. The Hall–Kier alpha value is -3.19. The molecule has 3 heterocycles. The van der Waals surface area contributed by atoms with Gasteiger partial charge in [-0.05, 0) is 56.2 Å². The molecule has 1 amide bonds. The second kappa shape index (κ2) is 9.53. The summed E-state index contributed by atoms with van der Waals surface area (Å²) in [5.74, 6) is 0.103. The molecule has 4 rings (SSSR count). The zero-order valence-electron chi connectivity index (χ0n) is 18.5. The summed E-state index contributed by atoms with van der Waals surface area (Å²) in [7, 11) is 0. The quantitative estimate of drug-likeness (QED) is 0.529. The molecular formula is C25H28FN3O3. The molecule has 1 fully saturated rings. The fourth-order valence-corrected chi connectivity index (χ4v) is 4.27. The lowest BCUT2D eigenvalue weighted by molar-refractivity contribution is 0.0596. The van der Waals surface area contributed by atoms with Gasteiger partial charge in [-0.15, -0.1) is 0 Å². The van der Waals surface area contributed by atoms with Gasteiger partial charge in [0.1, 0.15) is 5.82 Å². The van der Waals surface area contributed by atoms with Crippen LogP contribution in [0, 0.1) is 19.7 Å². The lowest BCUT2D eigenvalue weighted by atomic mass is 10.1. The van der Waals surface area contributed by atoms with Gasteiger partial charge in [0.05, 0.1) is 12.8 Å². The predicted octanol–water partition coefficient (Wildman–Crippen LogP) is 3.72. The van der Waals surface area contributed by atoms with Crippen molar-refractivity contribution in [2.45, 2.75) is 26.8 Å². The largest absolute Gasteiger partial charge is 0.459 e. The summed E-state index contributed by atoms with van der Waals surface area (Å²) < 4.78 is 20.5. The zero-order chi connectivity index (χ0) is 22.7. The van der Waals surface area contributed by atoms with Gasteiger partial charge in [0.25, 0.3) is 5.91 Å². The number of Topliss-reactive ketones (excluding diaryl/α,β-unsaturated/α-hetero) is 1. The summed E-state index contributed by atoms with van der Waals surface area (Å²) in [5, 5.41) is 0. The van der Waals surface area contributed by atoms with E-state index >= 15 is 0 Å². The van der Waals surface area contributed by atoms with E-state index in [2.05, 4.69) is 9.47 Å². The van der Waals surface area contributed by atoms with Gasteiger partial charge in [0.2, 0.25) is 0 Å². The fraction of sp³-hybridized carbons (Fsp3) is 0.360. The highest BCUT2D eigenvalue weighted by Gasteiger charge is 2.26. The monoisotopic (exact) mass is 437 g/mol. The number of ketones is 1. The summed E-state index contributed by atoms with van der Waals surface area (Å²) >= 11 is 0. The van der Waals surface area contributed by atoms with Crippen molar-refractivity contribution in [1.29, 1.82) is 0 Å². The number of halogens is 1. The van der Waals surface area contributed by atoms with Crippen LogP contribution in [-0.2, 0) is 13.0 Å². The van der Waals surface area contributed by atoms with Crippen LogP contribution in [0.15, 0.2) is 53.1 Å². The average Bonchev–Trinajstić information content (AvgIpc) is 3.42. The first-order valence-corrected chi connectivity index (χ1v) is 10.9. The van der Waals surface area contributed by atoms with Crippen LogP contribution in [0.5, 0.6) is 0 Å². The van der Waals surface area contributed by atoms with Crippen molar-refractivity contribution in [3.05, 3.63) is 82.8 Å². The third-order valence-corrected chi connectivity index (χ3v) is 6.17. The molecule has 0 spiro atoms. The standard InChI is InChI=1S/C25H28FN3O3/c1-18-16-22(19(2)29(18)10-9-20-5-7-21(26)8-6-20)23(30)17-27-11-13-28(14-12-27)25(31)24-4-3-15-32-24/h3-8,15-16H,9-14,17H2,1-2H3. The average molecular weight is 438 g/mol. The van der Waals surface area contributed by atoms with Gasteiger partial charge >= 0.3 is 0 Å². The highest BCUT2D eigenvalue weighted by atomic mass is 19.1. The van der Waals surface area contributed by atoms with E-state index in [1.165, 1.54) is 18.4 Å². The Morgan fingerprint density at radius 2 is 1.75 bits per heavy atom. The van der Waals surface area contributed by atoms with Crippen molar-refractivity contribution in [1.82, 2.24) is 14.4 Å². The van der Waals surface area contributed by atoms with Crippen LogP contribution in [0.2, 0.25) is 0 Å². The van der Waals surface area contributed by atoms with Crippen LogP contribution >= 0.6 is 0 Å². The van der Waals surface area contributed by atoms with Crippen molar-refractivity contribution < 1.29 is 18.4 Å². The molecule has 1 aliphatic heterocycles. The van der Waals surface area contributed by atoms with Gasteiger partial charge in [0, 0.05) is 49.7 Å². The number of carbonyl (C=O) groups excluding carboxylic acids is 2. The van der Waals surface area contributed by atoms with E-state index in [0.29, 0.717) is 38.5 Å². The molecule has 0 bridgehead atoms. The predicted molar refractivity (Wildman–Crippen MR) is 119 cm³/mol. The molecular weight excluding hydrogens is 409 g/mol. The summed E-state index contributed by atoms with van der Waals surface area (Å²) in [6.45, 7) is 7.52. The molecule has 0 N–H and O–H groups in total. The first-order chi connectivity index (χ1) is 15.4. The van der Waals surface area contributed by atoms with Gasteiger partial charge in [-0.2, -0.15) is 0 Å². The fourth-order valence-electron chi connectivity index (χ4n) is 4.27. The summed E-state index contributed by atoms with van der Waals surface area (Å²) in [6.07, 6.45) is 2.27. The van der Waals surface area contributed by atoms with Crippen molar-refractivity contribution in [2.24, 2.45) is 0 Å². The third-order valence-electron chi connectivity index (χ3n) is 6.17. The van der Waals surface area contributed by atoms with Crippen LogP contribution in [-0.4, -0.2) is 58.8 Å². The molecule has 0 atom stereocenters. The lowest BCUT2D eigenvalue weighted by Gasteiger charge is -2.33. The Morgan fingerprint density at radius 1 is 1.03 bits per heavy atom. The summed E-state index contributed by atoms with van der Waals surface area (Å²) in [6, 6.07) is 11.9. The number of aromatic nitrogens is 1. The van der Waals surface area contributed by atoms with Crippen LogP contribution in [0.1, 0.15) is 37.9 Å². The molecule has 1 aromatic carbocycles. The summed E-state index contributed by atoms with van der Waals surface area (Å²) in [4.78, 5) is 29.3. The number of furan rings is 1. The lowest BCUT2D eigenvalue weighted by Crippen LogP contribution is -2.49. The van der Waals surface area contributed by atoms with Crippen LogP contribution < -0.4 is 0 Å². The minimum atomic E-state index is -0.235. The molecule has 3 aromatic rings. The Kier molecular flexibility index (Phi) is 6.55. The molecule has 2 aromatic heterocycles. The normalized spacial score (nSPS) is 14.7. The number of benzene rings is 1. The molecule has 0 unspecified atom stereocenters. The Labute approximate surface area is 187 Å². The Balaban J connectivity index is 1.33. The molecule has 6 nitrogen and oxygen atoms in total. The Bertz CT molecular complexity index is 1080. The molecule has 0 saturated carbocycles. The maximum absolute atomic E-state index is 13.1. The van der Waals surface area contributed by atoms with Crippen molar-refractivity contribution in [2.75, 3.05) is 32.7 Å². The minimum Gasteiger partial charge on any atom is -0.459 e. The van der Waals surface area contributed by atoms with Gasteiger partial charge in [-0.1, -0.05) is 12.1 Å². The van der Waals surface area contributed by atoms with Gasteiger partial charge in [-0.3, -0.25) is 14.5 Å². The number of aryl methyl sites for hydroxylation is 2. The van der Waals surface area contributed by atoms with Gasteiger partial charge < -0.3 is 13.9 Å². The molecule has 168 valence electrons. The Morgan fingerprint density at radius 3 is 2.41 bits per heavy atom. The second-order valence-electron chi connectivity index (χ2n) is 8.28. The number of rotatable bonds is 7. The first-order valence-electron chi connectivity index (χ1n) is 10.9. The van der Waals surface area contributed by atoms with Crippen molar-refractivity contribution >= 4 is 11.7 Å². The number of carbonyl (C=O) groups is 2. The maximum atomic E-state index is 13.1. The maximum Gasteiger partial charge on any atom is 0.289 e. The van der Waals surface area contributed by atoms with Gasteiger partial charge in [-0.25, -0.2) is 4.39 Å². The third kappa shape index (κ3) is 4.83. The van der Waals surface area contributed by atoms with Crippen molar-refractivity contribution in [3.63, 3.8) is 0 Å². The van der Waals surface area contributed by atoms with E-state index in [9.17, 15) is 14.0 Å². The van der Waals surface area contributed by atoms with E-state index in [4.69, 9.17) is 4.42 Å². The van der Waals surface area contributed by atoms with E-state index in [0.717, 1.165) is 35.5 Å². The van der Waals surface area contributed by atoms with Crippen LogP contribution in [0.25, 0.3) is 0 Å². The SMILES string of the molecule is Cc1cc(C(=O)CN2CCN(C(=O)c3ccco3)CC2)c(C)n1CCc1ccc(F)cc1. The highest BCUT2D eigenvalue weighted by Crippen LogP contribution is 2.18. The smallest absolute Gasteiger partial charge is 0.289 e. The van der Waals surface area contributed by atoms with Gasteiger partial charge in [0.15, 0.2) is 11.5 Å². The zero-order valence-corrected chi connectivity index (χ0v) is 18.5. The van der Waals surface area contributed by atoms with Crippen LogP contribution in [0.3, 0.4) is 0 Å². The topological polar surface area (TPSA) is 58.7 Å². The molecule has 1 saturated heterocycles. The molecule has 1 aliphatic rings. The second-order valence-corrected chi connectivity index (χ2v) is 8.28. The minimum absolute atomic E-state index is 0.0944. The van der Waals surface area contributed by atoms with E-state index < -0.39 is 0 Å². The number of amides is 1. The number of hydrogen-bond donors (Lipinski definition) is 0. The van der Waals surface area contributed by atoms with Crippen LogP contribution in [0.4, 0.5) is 4.39 Å². The van der Waals surface area contributed by atoms with E-state index in [1.54, 1.807) is 29.2 Å². The molecule has 32 heavy (non-hydrogen) atoms. The van der Waals surface area contributed by atoms with E-state index in [-0.39, 0.29) is 17.5 Å². The molecule has 7 heteroatoms. The highest BCUT2D eigenvalue weighted by molar-refractivity contribution is 5.99. The molecule has 0 aliphatic carbocycles. The first kappa shape index (κ1) is 22.0. The summed E-state index contributed by atoms with van der Waals surface area (Å²) in [5.41, 5.74) is 3.81. The molecule has 0 radical (unpaired) electrons. The number of piperazine rings is 1. The van der Waals surface area contributed by atoms with E-state index in [1.807, 2.05) is 19.9 Å². The van der Waals surface area contributed by atoms with Crippen molar-refractivity contribution in [3.8, 4) is 0 Å². The number of nitrogens with zero attached hydrogens (tertiary/aromatic N) is 3.